The zero-order chi connectivity index (χ0) is 21.0. The fraction of sp³-hybridized carbons (Fsp3) is 0.300. The number of carbonyl (C=O) groups excluding carboxylic acids is 1. The van der Waals surface area contributed by atoms with Gasteiger partial charge in [0.05, 0.1) is 12.2 Å². The monoisotopic (exact) mass is 399 g/mol. The molecule has 9 nitrogen and oxygen atoms in total. The van der Waals surface area contributed by atoms with Crippen LogP contribution in [0.5, 0.6) is 5.75 Å². The Morgan fingerprint density at radius 2 is 2.00 bits per heavy atom. The molecule has 2 aromatic heterocycles. The van der Waals surface area contributed by atoms with Gasteiger partial charge in [-0.3, -0.25) is 14.4 Å². The van der Waals surface area contributed by atoms with Crippen molar-refractivity contribution in [2.45, 2.75) is 26.3 Å². The molecule has 0 unspecified atom stereocenters. The number of carboxylic acids is 1. The minimum atomic E-state index is -0.853. The molecule has 0 atom stereocenters. The van der Waals surface area contributed by atoms with Crippen LogP contribution in [-0.4, -0.2) is 33.1 Å². The summed E-state index contributed by atoms with van der Waals surface area (Å²) in [6, 6.07) is 7.10. The second-order valence-electron chi connectivity index (χ2n) is 6.55. The average molecular weight is 399 g/mol. The highest BCUT2D eigenvalue weighted by Gasteiger charge is 2.22. The number of amides is 1. The van der Waals surface area contributed by atoms with Gasteiger partial charge in [-0.2, -0.15) is 0 Å². The van der Waals surface area contributed by atoms with Crippen LogP contribution in [0.3, 0.4) is 0 Å². The van der Waals surface area contributed by atoms with Gasteiger partial charge in [-0.1, -0.05) is 12.1 Å². The maximum absolute atomic E-state index is 12.7. The smallest absolute Gasteiger partial charge is 0.303 e. The minimum Gasteiger partial charge on any atom is -0.494 e. The fourth-order valence-corrected chi connectivity index (χ4v) is 2.85. The lowest BCUT2D eigenvalue weighted by Crippen LogP contribution is -2.25. The maximum Gasteiger partial charge on any atom is 0.303 e. The number of fused-ring (bicyclic) bond motifs is 1. The van der Waals surface area contributed by atoms with Gasteiger partial charge in [0.15, 0.2) is 0 Å². The van der Waals surface area contributed by atoms with Gasteiger partial charge in [0.25, 0.3) is 11.5 Å². The second kappa shape index (κ2) is 8.59. The zero-order valence-electron chi connectivity index (χ0n) is 16.1. The topological polar surface area (TPSA) is 124 Å². The van der Waals surface area contributed by atoms with E-state index in [-0.39, 0.29) is 35.2 Å². The molecule has 0 spiro atoms. The molecular weight excluding hydrogens is 378 g/mol. The third-order valence-corrected chi connectivity index (χ3v) is 4.36. The van der Waals surface area contributed by atoms with Crippen molar-refractivity contribution >= 4 is 23.0 Å². The molecule has 2 heterocycles. The normalized spacial score (nSPS) is 10.8. The highest BCUT2D eigenvalue weighted by molar-refractivity contribution is 6.06. The molecule has 0 aliphatic rings. The van der Waals surface area contributed by atoms with Crippen molar-refractivity contribution in [2.75, 3.05) is 6.61 Å². The van der Waals surface area contributed by atoms with Gasteiger partial charge < -0.3 is 24.1 Å². The lowest BCUT2D eigenvalue weighted by atomic mass is 10.1. The zero-order valence-corrected chi connectivity index (χ0v) is 16.1. The number of ether oxygens (including phenoxy) is 1. The number of nitrogens with one attached hydrogen (secondary N) is 1. The van der Waals surface area contributed by atoms with Gasteiger partial charge in [-0.25, -0.2) is 4.98 Å². The molecule has 152 valence electrons. The molecule has 0 fully saturated rings. The van der Waals surface area contributed by atoms with Crippen molar-refractivity contribution in [1.82, 2.24) is 14.9 Å². The van der Waals surface area contributed by atoms with E-state index in [1.54, 1.807) is 38.2 Å². The van der Waals surface area contributed by atoms with Crippen LogP contribution in [0, 0.1) is 6.92 Å². The van der Waals surface area contributed by atoms with Gasteiger partial charge >= 0.3 is 5.97 Å². The molecule has 29 heavy (non-hydrogen) atoms. The Kier molecular flexibility index (Phi) is 5.96. The molecule has 0 saturated heterocycles. The first-order chi connectivity index (χ1) is 13.9. The maximum atomic E-state index is 12.7. The summed E-state index contributed by atoms with van der Waals surface area (Å²) in [5.41, 5.74) is 0.821. The Morgan fingerprint density at radius 1 is 1.28 bits per heavy atom. The highest BCUT2D eigenvalue weighted by Crippen LogP contribution is 2.21. The van der Waals surface area contributed by atoms with Crippen molar-refractivity contribution in [2.24, 2.45) is 7.05 Å². The average Bonchev–Trinajstić information content (AvgIpc) is 3.04. The van der Waals surface area contributed by atoms with Crippen molar-refractivity contribution in [3.8, 4) is 5.75 Å². The summed E-state index contributed by atoms with van der Waals surface area (Å²) in [5.74, 6) is -0.315. The third-order valence-electron chi connectivity index (χ3n) is 4.36. The largest absolute Gasteiger partial charge is 0.494 e. The van der Waals surface area contributed by atoms with E-state index in [1.807, 2.05) is 0 Å². The number of benzene rings is 1. The fourth-order valence-electron chi connectivity index (χ4n) is 2.85. The summed E-state index contributed by atoms with van der Waals surface area (Å²) in [6.45, 7) is 2.19. The number of aryl methyl sites for hydroxylation is 2. The van der Waals surface area contributed by atoms with Crippen LogP contribution >= 0.6 is 0 Å². The summed E-state index contributed by atoms with van der Waals surface area (Å²) < 4.78 is 12.2. The highest BCUT2D eigenvalue weighted by atomic mass is 16.5. The summed E-state index contributed by atoms with van der Waals surface area (Å²) in [6.07, 6.45) is 1.84. The molecule has 0 aliphatic carbocycles. The molecular formula is C20H21N3O6. The summed E-state index contributed by atoms with van der Waals surface area (Å²) in [4.78, 5) is 39.5. The molecule has 1 aromatic carbocycles. The van der Waals surface area contributed by atoms with Crippen molar-refractivity contribution in [3.05, 3.63) is 57.8 Å². The van der Waals surface area contributed by atoms with Gasteiger partial charge in [-0.15, -0.1) is 0 Å². The number of carboxylic acid groups (broad SMARTS) is 1. The second-order valence-corrected chi connectivity index (χ2v) is 6.55. The number of rotatable bonds is 8. The minimum absolute atomic E-state index is 0.0604. The van der Waals surface area contributed by atoms with E-state index in [0.717, 1.165) is 5.56 Å². The Hall–Kier alpha value is -3.62. The Labute approximate surface area is 165 Å². The van der Waals surface area contributed by atoms with Crippen LogP contribution in [-0.2, 0) is 18.4 Å². The molecule has 2 N–H and O–H groups in total. The first-order valence-electron chi connectivity index (χ1n) is 9.03. The Morgan fingerprint density at radius 3 is 2.69 bits per heavy atom. The van der Waals surface area contributed by atoms with Gasteiger partial charge in [-0.05, 0) is 31.0 Å². The molecule has 9 heteroatoms. The van der Waals surface area contributed by atoms with E-state index in [0.29, 0.717) is 24.5 Å². The van der Waals surface area contributed by atoms with E-state index >= 15 is 0 Å². The van der Waals surface area contributed by atoms with E-state index < -0.39 is 11.9 Å². The van der Waals surface area contributed by atoms with Crippen LogP contribution in [0.4, 0.5) is 0 Å². The number of furan rings is 1. The van der Waals surface area contributed by atoms with Crippen molar-refractivity contribution in [3.63, 3.8) is 0 Å². The SMILES string of the molecule is Cc1oc2ncn(C)c(=O)c2c1C(=O)NCc1ccc(OCCCC(=O)O)cc1. The molecule has 3 rings (SSSR count). The quantitative estimate of drug-likeness (QED) is 0.555. The summed E-state index contributed by atoms with van der Waals surface area (Å²) >= 11 is 0. The van der Waals surface area contributed by atoms with Crippen LogP contribution in [0.15, 0.2) is 39.8 Å². The standard InChI is InChI=1S/C20H21N3O6/c1-12-16(17-19(29-12)22-11-23(2)20(17)27)18(26)21-10-13-5-7-14(8-6-13)28-9-3-4-15(24)25/h5-8,11H,3-4,9-10H2,1-2H3,(H,21,26)(H,24,25). The molecule has 0 aliphatic heterocycles. The number of nitrogens with zero attached hydrogens (tertiary/aromatic N) is 2. The lowest BCUT2D eigenvalue weighted by molar-refractivity contribution is -0.137. The molecule has 3 aromatic rings. The molecule has 1 amide bonds. The number of aliphatic carboxylic acids is 1. The van der Waals surface area contributed by atoms with Crippen molar-refractivity contribution in [1.29, 1.82) is 0 Å². The number of hydrogen-bond donors (Lipinski definition) is 2. The van der Waals surface area contributed by atoms with Crippen LogP contribution < -0.4 is 15.6 Å². The van der Waals surface area contributed by atoms with E-state index in [4.69, 9.17) is 14.3 Å². The van der Waals surface area contributed by atoms with E-state index in [2.05, 4.69) is 10.3 Å². The predicted octanol–water partition coefficient (Wildman–Crippen LogP) is 2.01. The van der Waals surface area contributed by atoms with Crippen molar-refractivity contribution < 1.29 is 23.8 Å². The number of carbonyl (C=O) groups is 2. The molecule has 0 saturated carbocycles. The predicted molar refractivity (Wildman–Crippen MR) is 104 cm³/mol. The van der Waals surface area contributed by atoms with E-state index in [9.17, 15) is 14.4 Å². The third kappa shape index (κ3) is 4.63. The first kappa shape index (κ1) is 20.1. The Balaban J connectivity index is 1.63. The molecule has 0 bridgehead atoms. The van der Waals surface area contributed by atoms with Crippen LogP contribution in [0.25, 0.3) is 11.1 Å². The van der Waals surface area contributed by atoms with Crippen LogP contribution in [0.1, 0.15) is 34.5 Å². The van der Waals surface area contributed by atoms with Gasteiger partial charge in [0, 0.05) is 20.0 Å². The number of aromatic nitrogens is 2. The lowest BCUT2D eigenvalue weighted by Gasteiger charge is -2.08. The Bertz CT molecular complexity index is 1100. The van der Waals surface area contributed by atoms with E-state index in [1.165, 1.54) is 10.9 Å². The summed E-state index contributed by atoms with van der Waals surface area (Å²) in [7, 11) is 1.56. The first-order valence-corrected chi connectivity index (χ1v) is 9.03. The van der Waals surface area contributed by atoms with Gasteiger partial charge in [0.1, 0.15) is 23.2 Å². The van der Waals surface area contributed by atoms with Gasteiger partial charge in [0.2, 0.25) is 5.71 Å². The number of hydrogen-bond acceptors (Lipinski definition) is 6. The molecule has 0 radical (unpaired) electrons. The summed E-state index contributed by atoms with van der Waals surface area (Å²) in [5, 5.41) is 11.6. The van der Waals surface area contributed by atoms with Crippen LogP contribution in [0.2, 0.25) is 0 Å².